The fourth-order valence-corrected chi connectivity index (χ4v) is 11.1. The number of nitrogens with zero attached hydrogens (tertiary/aromatic N) is 1. The summed E-state index contributed by atoms with van der Waals surface area (Å²) in [6.07, 6.45) is 17.3. The average molecular weight is 720 g/mol. The van der Waals surface area contributed by atoms with Crippen LogP contribution < -0.4 is 4.90 Å². The number of anilines is 3. The van der Waals surface area contributed by atoms with E-state index in [-0.39, 0.29) is 10.8 Å². The molecule has 11 rings (SSSR count). The Bertz CT molecular complexity index is 2640. The van der Waals surface area contributed by atoms with Crippen molar-refractivity contribution in [2.45, 2.75) is 55.8 Å². The molecule has 56 heavy (non-hydrogen) atoms. The van der Waals surface area contributed by atoms with Crippen LogP contribution in [0.5, 0.6) is 0 Å². The van der Waals surface area contributed by atoms with E-state index >= 15 is 0 Å². The van der Waals surface area contributed by atoms with Gasteiger partial charge in [0.25, 0.3) is 0 Å². The Morgan fingerprint density at radius 3 is 1.70 bits per heavy atom. The van der Waals surface area contributed by atoms with E-state index < -0.39 is 0 Å². The molecule has 0 saturated heterocycles. The van der Waals surface area contributed by atoms with Crippen LogP contribution in [0, 0.1) is 0 Å². The van der Waals surface area contributed by atoms with Crippen LogP contribution in [-0.4, -0.2) is 0 Å². The van der Waals surface area contributed by atoms with E-state index in [0.717, 1.165) is 12.8 Å². The van der Waals surface area contributed by atoms with E-state index in [1.807, 2.05) is 0 Å². The van der Waals surface area contributed by atoms with Gasteiger partial charge in [-0.1, -0.05) is 177 Å². The first-order valence-corrected chi connectivity index (χ1v) is 20.6. The van der Waals surface area contributed by atoms with E-state index in [1.165, 1.54) is 116 Å². The van der Waals surface area contributed by atoms with Gasteiger partial charge in [0, 0.05) is 22.4 Å². The maximum Gasteiger partial charge on any atom is 0.0540 e. The van der Waals surface area contributed by atoms with Crippen LogP contribution in [0.4, 0.5) is 17.1 Å². The third-order valence-electron chi connectivity index (χ3n) is 13.5. The van der Waals surface area contributed by atoms with E-state index in [0.29, 0.717) is 0 Å². The molecule has 4 aliphatic carbocycles. The van der Waals surface area contributed by atoms with Crippen molar-refractivity contribution < 1.29 is 0 Å². The number of hydrogen-bond acceptors (Lipinski definition) is 1. The molecule has 0 radical (unpaired) electrons. The molecule has 0 N–H and O–H groups in total. The summed E-state index contributed by atoms with van der Waals surface area (Å²) in [5.41, 5.74) is 19.9. The van der Waals surface area contributed by atoms with Crippen LogP contribution >= 0.6 is 0 Å². The van der Waals surface area contributed by atoms with Gasteiger partial charge in [-0.2, -0.15) is 0 Å². The molecule has 7 aromatic carbocycles. The van der Waals surface area contributed by atoms with Crippen LogP contribution in [0.25, 0.3) is 33.4 Å². The minimum atomic E-state index is -0.322. The van der Waals surface area contributed by atoms with Crippen molar-refractivity contribution in [3.05, 3.63) is 221 Å². The first kappa shape index (κ1) is 33.2. The summed E-state index contributed by atoms with van der Waals surface area (Å²) in [5.74, 6) is 0. The molecule has 7 aromatic rings. The smallest absolute Gasteiger partial charge is 0.0540 e. The minimum absolute atomic E-state index is 0.0646. The Morgan fingerprint density at radius 2 is 0.964 bits per heavy atom. The predicted octanol–water partition coefficient (Wildman–Crippen LogP) is 14.4. The second kappa shape index (κ2) is 13.2. The molecule has 0 aromatic heterocycles. The maximum atomic E-state index is 2.57. The number of rotatable bonds is 4. The van der Waals surface area contributed by atoms with E-state index in [4.69, 9.17) is 0 Å². The van der Waals surface area contributed by atoms with Crippen molar-refractivity contribution in [3.63, 3.8) is 0 Å². The number of para-hydroxylation sites is 1. The van der Waals surface area contributed by atoms with Crippen LogP contribution in [0.15, 0.2) is 188 Å². The van der Waals surface area contributed by atoms with E-state index in [1.54, 1.807) is 0 Å². The van der Waals surface area contributed by atoms with Crippen LogP contribution in [0.2, 0.25) is 0 Å². The van der Waals surface area contributed by atoms with Crippen molar-refractivity contribution in [2.24, 2.45) is 0 Å². The zero-order chi connectivity index (χ0) is 37.1. The first-order chi connectivity index (χ1) is 27.8. The van der Waals surface area contributed by atoms with Crippen molar-refractivity contribution in [1.29, 1.82) is 0 Å². The molecule has 0 aliphatic heterocycles. The summed E-state index contributed by atoms with van der Waals surface area (Å²) < 4.78 is 0. The van der Waals surface area contributed by atoms with Crippen LogP contribution in [0.3, 0.4) is 0 Å². The van der Waals surface area contributed by atoms with Gasteiger partial charge in [-0.3, -0.25) is 0 Å². The quantitative estimate of drug-likeness (QED) is 0.175. The van der Waals surface area contributed by atoms with Gasteiger partial charge in [-0.15, -0.1) is 0 Å². The van der Waals surface area contributed by atoms with Gasteiger partial charge >= 0.3 is 0 Å². The fourth-order valence-electron chi connectivity index (χ4n) is 11.1. The van der Waals surface area contributed by atoms with Gasteiger partial charge in [0.2, 0.25) is 0 Å². The lowest BCUT2D eigenvalue weighted by Crippen LogP contribution is -2.29. The Morgan fingerprint density at radius 1 is 0.411 bits per heavy atom. The predicted molar refractivity (Wildman–Crippen MR) is 234 cm³/mol. The van der Waals surface area contributed by atoms with Gasteiger partial charge in [0.15, 0.2) is 0 Å². The highest BCUT2D eigenvalue weighted by Crippen LogP contribution is 2.59. The molecule has 4 aliphatic rings. The molecule has 0 unspecified atom stereocenters. The molecular weight excluding hydrogens is 675 g/mol. The van der Waals surface area contributed by atoms with Crippen molar-refractivity contribution in [3.8, 4) is 33.4 Å². The summed E-state index contributed by atoms with van der Waals surface area (Å²) in [6, 6.07) is 62.2. The molecule has 1 saturated carbocycles. The molecule has 1 heteroatoms. The third-order valence-corrected chi connectivity index (χ3v) is 13.5. The standard InChI is InChI=1S/C55H45N/c1-2-18-36-55(49-27-13-9-24-45(49)46-25-10-14-28-50(46)55)51-37-41(31-30-40(51)21-5-1)56(53-29-15-11-22-43(53)39-19-6-3-7-20-39)42-32-33-47-44-23-8-12-26-48(44)54(52(47)38-42)34-16-4-17-35-54/h1-3,5-15,18-20,22-33,37-38H,4,16-17,21,34-36H2. The molecule has 1 nitrogen and oxygen atoms in total. The Kier molecular flexibility index (Phi) is 7.85. The van der Waals surface area contributed by atoms with Crippen molar-refractivity contribution >= 4 is 17.1 Å². The molecule has 0 heterocycles. The monoisotopic (exact) mass is 719 g/mol. The highest BCUT2D eigenvalue weighted by Gasteiger charge is 2.46. The number of hydrogen-bond donors (Lipinski definition) is 0. The second-order valence-electron chi connectivity index (χ2n) is 16.2. The first-order valence-electron chi connectivity index (χ1n) is 20.6. The molecule has 1 fully saturated rings. The van der Waals surface area contributed by atoms with Gasteiger partial charge in [0.05, 0.1) is 11.1 Å². The normalized spacial score (nSPS) is 16.6. The van der Waals surface area contributed by atoms with Crippen LogP contribution in [-0.2, 0) is 17.3 Å². The Hall–Kier alpha value is -6.18. The van der Waals surface area contributed by atoms with Gasteiger partial charge in [-0.05, 0) is 117 Å². The topological polar surface area (TPSA) is 3.24 Å². The summed E-state index contributed by atoms with van der Waals surface area (Å²) in [4.78, 5) is 2.57. The third kappa shape index (κ3) is 4.93. The summed E-state index contributed by atoms with van der Waals surface area (Å²) in [6.45, 7) is 0. The molecule has 0 amide bonds. The van der Waals surface area contributed by atoms with Gasteiger partial charge in [0.1, 0.15) is 0 Å². The lowest BCUT2D eigenvalue weighted by molar-refractivity contribution is 0.353. The number of allylic oxidation sites excluding steroid dienone is 4. The van der Waals surface area contributed by atoms with Gasteiger partial charge < -0.3 is 4.90 Å². The SMILES string of the molecule is C1=CCc2ccc(N(c3ccc4c(c3)C3(CCCCC3)c3ccccc3-4)c3ccccc3-c3ccccc3)cc2C2(CC=C1)c1ccccc1-c1ccccc12. The van der Waals surface area contributed by atoms with Gasteiger partial charge in [-0.25, -0.2) is 0 Å². The highest BCUT2D eigenvalue weighted by molar-refractivity contribution is 5.92. The second-order valence-corrected chi connectivity index (χ2v) is 16.2. The van der Waals surface area contributed by atoms with E-state index in [2.05, 4.69) is 193 Å². The highest BCUT2D eigenvalue weighted by atomic mass is 15.1. The maximum absolute atomic E-state index is 2.57. The zero-order valence-electron chi connectivity index (χ0n) is 31.8. The summed E-state index contributed by atoms with van der Waals surface area (Å²) in [7, 11) is 0. The Labute approximate surface area is 331 Å². The van der Waals surface area contributed by atoms with Crippen molar-refractivity contribution in [2.75, 3.05) is 4.90 Å². The Balaban J connectivity index is 1.18. The fraction of sp³-hybridized carbons (Fsp3) is 0.164. The molecule has 0 bridgehead atoms. The van der Waals surface area contributed by atoms with E-state index in [9.17, 15) is 0 Å². The molecule has 0 atom stereocenters. The molecule has 270 valence electrons. The van der Waals surface area contributed by atoms with Crippen molar-refractivity contribution in [1.82, 2.24) is 0 Å². The largest absolute Gasteiger partial charge is 0.310 e. The molecule has 2 spiro atoms. The molecular formula is C55H45N. The number of fused-ring (bicyclic) bond motifs is 12. The lowest BCUT2D eigenvalue weighted by atomic mass is 9.68. The summed E-state index contributed by atoms with van der Waals surface area (Å²) in [5, 5.41) is 0. The minimum Gasteiger partial charge on any atom is -0.310 e. The van der Waals surface area contributed by atoms with Crippen LogP contribution in [0.1, 0.15) is 71.9 Å². The lowest BCUT2D eigenvalue weighted by Gasteiger charge is -2.37. The summed E-state index contributed by atoms with van der Waals surface area (Å²) >= 11 is 0. The number of benzene rings is 7. The zero-order valence-corrected chi connectivity index (χ0v) is 31.8. The average Bonchev–Trinajstić information content (AvgIpc) is 3.73.